The Balaban J connectivity index is 2.43. The summed E-state index contributed by atoms with van der Waals surface area (Å²) < 4.78 is 1.52. The Bertz CT molecular complexity index is 616. The molecule has 0 atom stereocenters. The molecule has 124 valence electrons. The highest BCUT2D eigenvalue weighted by Gasteiger charge is 2.34. The van der Waals surface area contributed by atoms with E-state index in [9.17, 15) is 0 Å². The van der Waals surface area contributed by atoms with Crippen LogP contribution in [0.15, 0.2) is 24.3 Å². The third-order valence-electron chi connectivity index (χ3n) is 2.65. The fourth-order valence-electron chi connectivity index (χ4n) is 1.70. The van der Waals surface area contributed by atoms with Crippen LogP contribution in [0.1, 0.15) is 30.3 Å². The van der Waals surface area contributed by atoms with Gasteiger partial charge in [0, 0.05) is 6.92 Å². The zero-order chi connectivity index (χ0) is 17.3. The van der Waals surface area contributed by atoms with Gasteiger partial charge in [0.25, 0.3) is 6.10 Å². The molecule has 1 aliphatic rings. The first-order valence-corrected chi connectivity index (χ1v) is 8.46. The standard InChI is InChI=1S/C13H9Cl6N3O/c1-2-23-8-5-3-7(4-6-8)9-20-10(12(14,15)16)22-11(21-9)13(17,18)19/h2-7H,1H3. The number of hydrogen-bond donors (Lipinski definition) is 0. The van der Waals surface area contributed by atoms with E-state index in [0.29, 0.717) is 6.10 Å². The molecule has 23 heavy (non-hydrogen) atoms. The minimum absolute atomic E-state index is 0.122. The minimum Gasteiger partial charge on any atom is -0.309 e. The van der Waals surface area contributed by atoms with Crippen LogP contribution in [0.5, 0.6) is 0 Å². The summed E-state index contributed by atoms with van der Waals surface area (Å²) in [6, 6.07) is 0. The van der Waals surface area contributed by atoms with E-state index in [0.717, 1.165) is 0 Å². The van der Waals surface area contributed by atoms with E-state index in [1.807, 2.05) is 0 Å². The molecule has 10 heteroatoms. The van der Waals surface area contributed by atoms with Crippen LogP contribution in [-0.2, 0) is 12.0 Å². The lowest BCUT2D eigenvalue weighted by Gasteiger charge is -2.19. The average Bonchev–Trinajstić information content (AvgIpc) is 2.46. The van der Waals surface area contributed by atoms with Crippen LogP contribution in [0.2, 0.25) is 0 Å². The first-order valence-electron chi connectivity index (χ1n) is 6.19. The molecule has 0 bridgehead atoms. The summed E-state index contributed by atoms with van der Waals surface area (Å²) in [6.07, 6.45) is 9.37. The van der Waals surface area contributed by atoms with Crippen LogP contribution in [-0.4, -0.2) is 21.2 Å². The lowest BCUT2D eigenvalue weighted by atomic mass is 10.0. The maximum atomic E-state index is 5.84. The molecule has 0 spiro atoms. The molecule has 0 radical (unpaired) electrons. The van der Waals surface area contributed by atoms with Gasteiger partial charge in [-0.1, -0.05) is 69.6 Å². The maximum absolute atomic E-state index is 5.84. The van der Waals surface area contributed by atoms with Crippen molar-refractivity contribution in [1.29, 1.82) is 0 Å². The van der Waals surface area contributed by atoms with Crippen molar-refractivity contribution in [2.75, 3.05) is 0 Å². The number of halogens is 6. The van der Waals surface area contributed by atoms with Crippen LogP contribution in [0.4, 0.5) is 0 Å². The normalized spacial score (nSPS) is 16.6. The van der Waals surface area contributed by atoms with Gasteiger partial charge in [0.15, 0.2) is 11.6 Å². The Morgan fingerprint density at radius 3 is 1.83 bits per heavy atom. The molecule has 4 nitrogen and oxygen atoms in total. The van der Waals surface area contributed by atoms with Crippen molar-refractivity contribution in [2.24, 2.45) is 0 Å². The molecule has 0 N–H and O–H groups in total. The number of nitrogens with zero attached hydrogens (tertiary/aromatic N) is 3. The van der Waals surface area contributed by atoms with Crippen molar-refractivity contribution in [3.63, 3.8) is 0 Å². The van der Waals surface area contributed by atoms with Crippen molar-refractivity contribution in [3.8, 4) is 0 Å². The highest BCUT2D eigenvalue weighted by atomic mass is 35.6. The molecule has 0 fully saturated rings. The summed E-state index contributed by atoms with van der Waals surface area (Å²) in [5.74, 6) is -0.263. The molecular weight excluding hydrogens is 427 g/mol. The third-order valence-corrected chi connectivity index (χ3v) is 3.66. The van der Waals surface area contributed by atoms with E-state index < -0.39 is 7.59 Å². The highest BCUT2D eigenvalue weighted by molar-refractivity contribution is 6.67. The Morgan fingerprint density at radius 1 is 0.957 bits per heavy atom. The van der Waals surface area contributed by atoms with Gasteiger partial charge < -0.3 is 4.42 Å². The fourth-order valence-corrected chi connectivity index (χ4v) is 2.21. The Hall–Kier alpha value is -0.230. The maximum Gasteiger partial charge on any atom is 0.259 e. The molecule has 0 saturated heterocycles. The molecule has 0 aromatic carbocycles. The van der Waals surface area contributed by atoms with E-state index in [4.69, 9.17) is 74.0 Å². The topological polar surface area (TPSA) is 50.0 Å². The summed E-state index contributed by atoms with van der Waals surface area (Å²) in [6.45, 7) is 1.77. The van der Waals surface area contributed by atoms with E-state index in [-0.39, 0.29) is 23.4 Å². The second kappa shape index (κ2) is 7.34. The van der Waals surface area contributed by atoms with Gasteiger partial charge in [-0.25, -0.2) is 15.0 Å². The Kier molecular flexibility index (Phi) is 6.10. The second-order valence-corrected chi connectivity index (χ2v) is 8.90. The van der Waals surface area contributed by atoms with Gasteiger partial charge in [-0.3, -0.25) is 0 Å². The fraction of sp³-hybridized carbons (Fsp3) is 0.308. The Morgan fingerprint density at radius 2 is 1.43 bits per heavy atom. The van der Waals surface area contributed by atoms with E-state index >= 15 is 0 Å². The van der Waals surface area contributed by atoms with Crippen LogP contribution in [0.25, 0.3) is 0 Å². The predicted molar refractivity (Wildman–Crippen MR) is 94.3 cm³/mol. The summed E-state index contributed by atoms with van der Waals surface area (Å²) >= 11 is 35.0. The number of allylic oxidation sites excluding steroid dienone is 2. The van der Waals surface area contributed by atoms with Crippen molar-refractivity contribution >= 4 is 75.9 Å². The zero-order valence-corrected chi connectivity index (χ0v) is 16.0. The number of aldehydes is 1. The van der Waals surface area contributed by atoms with Gasteiger partial charge in [0.2, 0.25) is 13.9 Å². The van der Waals surface area contributed by atoms with Crippen molar-refractivity contribution in [3.05, 3.63) is 47.9 Å². The minimum atomic E-state index is -1.87. The van der Waals surface area contributed by atoms with E-state index in [2.05, 4.69) is 15.0 Å². The van der Waals surface area contributed by atoms with Gasteiger partial charge >= 0.3 is 0 Å². The first kappa shape index (κ1) is 19.1. The van der Waals surface area contributed by atoms with Crippen molar-refractivity contribution in [2.45, 2.75) is 20.4 Å². The number of alkyl halides is 6. The van der Waals surface area contributed by atoms with Crippen molar-refractivity contribution in [1.82, 2.24) is 15.0 Å². The van der Waals surface area contributed by atoms with Gasteiger partial charge in [-0.2, -0.15) is 0 Å². The summed E-state index contributed by atoms with van der Waals surface area (Å²) in [7, 11) is 0. The third kappa shape index (κ3) is 5.12. The van der Waals surface area contributed by atoms with E-state index in [1.165, 1.54) is 0 Å². The van der Waals surface area contributed by atoms with Crippen LogP contribution in [0.3, 0.4) is 0 Å². The highest BCUT2D eigenvalue weighted by Crippen LogP contribution is 2.40. The van der Waals surface area contributed by atoms with Gasteiger partial charge in [-0.05, 0) is 18.1 Å². The smallest absolute Gasteiger partial charge is 0.259 e. The average molecular weight is 436 g/mol. The zero-order valence-electron chi connectivity index (χ0n) is 11.5. The molecule has 0 amide bonds. The van der Waals surface area contributed by atoms with E-state index in [1.54, 1.807) is 37.5 Å². The largest absolute Gasteiger partial charge is 0.309 e. The quantitative estimate of drug-likeness (QED) is 0.283. The van der Waals surface area contributed by atoms with Gasteiger partial charge in [-0.15, -0.1) is 12.2 Å². The summed E-state index contributed by atoms with van der Waals surface area (Å²) in [5.41, 5.74) is 0. The molecule has 1 heterocycles. The van der Waals surface area contributed by atoms with Crippen molar-refractivity contribution < 1.29 is 4.42 Å². The first-order chi connectivity index (χ1) is 10.6. The number of hydrogen-bond acceptors (Lipinski definition) is 3. The van der Waals surface area contributed by atoms with Crippen LogP contribution >= 0.6 is 69.6 Å². The molecule has 0 saturated carbocycles. The lowest BCUT2D eigenvalue weighted by Crippen LogP contribution is -2.19. The second-order valence-electron chi connectivity index (χ2n) is 4.34. The lowest BCUT2D eigenvalue weighted by molar-refractivity contribution is -0.417. The monoisotopic (exact) mass is 433 g/mol. The summed E-state index contributed by atoms with van der Waals surface area (Å²) in [4.78, 5) is 12.2. The molecule has 1 aromatic rings. The summed E-state index contributed by atoms with van der Waals surface area (Å²) in [5, 5.41) is 0. The molecule has 2 rings (SSSR count). The molecule has 1 aromatic heterocycles. The molecule has 1 aliphatic carbocycles. The molecule has 0 aliphatic heterocycles. The SMILES string of the molecule is CC=[O+][C-]1C=CC(c2nc(C(Cl)(Cl)Cl)nc(C(Cl)(Cl)Cl)n2)C=C1. The van der Waals surface area contributed by atoms with Crippen LogP contribution < -0.4 is 0 Å². The molecular formula is C13H9Cl6N3O. The number of carbonyl (C=O) groups excluding carboxylic acids is 1. The number of aromatic nitrogens is 3. The number of rotatable bonds is 2. The van der Waals surface area contributed by atoms with Gasteiger partial charge in [0.05, 0.1) is 0 Å². The molecule has 0 unspecified atom stereocenters. The van der Waals surface area contributed by atoms with Gasteiger partial charge in [0.1, 0.15) is 5.82 Å². The predicted octanol–water partition coefficient (Wildman–Crippen LogP) is 5.02. The van der Waals surface area contributed by atoms with Crippen LogP contribution in [0, 0.1) is 6.10 Å². The Labute approximate surface area is 163 Å².